The minimum atomic E-state index is -0.173. The van der Waals surface area contributed by atoms with Crippen LogP contribution in [0.15, 0.2) is 127 Å². The van der Waals surface area contributed by atoms with Gasteiger partial charge >= 0.3 is 0 Å². The van der Waals surface area contributed by atoms with Crippen molar-refractivity contribution >= 4 is 38.6 Å². The van der Waals surface area contributed by atoms with Gasteiger partial charge in [-0.1, -0.05) is 123 Å². The molecule has 0 amide bonds. The number of anilines is 1. The maximum Gasteiger partial charge on any atom is 0.210 e. The molecule has 1 aliphatic carbocycles. The second-order valence-electron chi connectivity index (χ2n) is 15.7. The fraction of sp³-hybridized carbons (Fsp3) is 0.340. The lowest BCUT2D eigenvalue weighted by atomic mass is 9.74. The number of likely N-dealkylation sites (N-methyl/N-ethyl adjacent to an activating group) is 1. The van der Waals surface area contributed by atoms with Crippen molar-refractivity contribution in [3.05, 3.63) is 144 Å². The maximum absolute atomic E-state index is 2.66. The van der Waals surface area contributed by atoms with E-state index < -0.39 is 0 Å². The molecule has 2 nitrogen and oxygen atoms in total. The second-order valence-corrected chi connectivity index (χ2v) is 15.7. The molecular formula is C47H51N2+. The number of unbranched alkanes of at least 4 members (excludes halogenated alkanes) is 1. The van der Waals surface area contributed by atoms with E-state index in [0.717, 1.165) is 18.9 Å². The number of nitrogens with zero attached hydrogens (tertiary/aromatic N) is 2. The van der Waals surface area contributed by atoms with Gasteiger partial charge in [-0.25, -0.2) is 0 Å². The van der Waals surface area contributed by atoms with Crippen LogP contribution in [0.2, 0.25) is 0 Å². The summed E-state index contributed by atoms with van der Waals surface area (Å²) in [6, 6.07) is 38.3. The van der Waals surface area contributed by atoms with Crippen molar-refractivity contribution in [2.24, 2.45) is 5.92 Å². The van der Waals surface area contributed by atoms with E-state index in [0.29, 0.717) is 0 Å². The molecule has 2 heteroatoms. The first-order valence-corrected chi connectivity index (χ1v) is 18.7. The van der Waals surface area contributed by atoms with Gasteiger partial charge in [-0.2, -0.15) is 4.58 Å². The van der Waals surface area contributed by atoms with Gasteiger partial charge in [0.15, 0.2) is 5.71 Å². The number of hydrogen-bond acceptors (Lipinski definition) is 1. The summed E-state index contributed by atoms with van der Waals surface area (Å²) in [5.74, 6) is 0.955. The first-order valence-electron chi connectivity index (χ1n) is 18.7. The largest absolute Gasteiger partial charge is 0.347 e. The van der Waals surface area contributed by atoms with Crippen LogP contribution in [-0.4, -0.2) is 23.9 Å². The van der Waals surface area contributed by atoms with Gasteiger partial charge < -0.3 is 4.90 Å². The highest BCUT2D eigenvalue weighted by Gasteiger charge is 2.45. The zero-order valence-corrected chi connectivity index (χ0v) is 29.9. The topological polar surface area (TPSA) is 6.25 Å². The number of allylic oxidation sites excluding steroid dienone is 4. The Morgan fingerprint density at radius 3 is 2.24 bits per heavy atom. The van der Waals surface area contributed by atoms with Crippen LogP contribution in [-0.2, 0) is 17.3 Å². The van der Waals surface area contributed by atoms with Crippen LogP contribution in [0.3, 0.4) is 0 Å². The summed E-state index contributed by atoms with van der Waals surface area (Å²) in [5, 5.41) is 5.32. The Balaban J connectivity index is 1.19. The molecule has 0 aromatic heterocycles. The van der Waals surface area contributed by atoms with E-state index in [2.05, 4.69) is 159 Å². The molecule has 0 spiro atoms. The van der Waals surface area contributed by atoms with Gasteiger partial charge in [0, 0.05) is 48.0 Å². The Kier molecular flexibility index (Phi) is 8.30. The average Bonchev–Trinajstić information content (AvgIpc) is 3.76. The number of rotatable bonds is 9. The van der Waals surface area contributed by atoms with Gasteiger partial charge in [0.25, 0.3) is 0 Å². The summed E-state index contributed by atoms with van der Waals surface area (Å²) < 4.78 is 2.66. The molecular weight excluding hydrogens is 593 g/mol. The molecule has 1 atom stereocenters. The highest BCUT2D eigenvalue weighted by Crippen LogP contribution is 2.52. The molecule has 0 saturated heterocycles. The molecule has 2 aliphatic heterocycles. The molecule has 248 valence electrons. The fourth-order valence-electron chi connectivity index (χ4n) is 9.56. The van der Waals surface area contributed by atoms with Crippen LogP contribution in [0.5, 0.6) is 0 Å². The van der Waals surface area contributed by atoms with E-state index in [1.807, 2.05) is 0 Å². The van der Waals surface area contributed by atoms with E-state index in [1.165, 1.54) is 106 Å². The predicted octanol–water partition coefficient (Wildman–Crippen LogP) is 11.8. The molecule has 2 heterocycles. The number of benzene rings is 5. The quantitative estimate of drug-likeness (QED) is 0.114. The minimum Gasteiger partial charge on any atom is -0.347 e. The van der Waals surface area contributed by atoms with Crippen LogP contribution in [0.1, 0.15) is 82.4 Å². The van der Waals surface area contributed by atoms with Gasteiger partial charge in [-0.15, -0.1) is 0 Å². The molecule has 8 rings (SSSR count). The lowest BCUT2D eigenvalue weighted by Crippen LogP contribution is -2.29. The van der Waals surface area contributed by atoms with Gasteiger partial charge in [0.05, 0.1) is 5.41 Å². The molecule has 5 aromatic carbocycles. The molecule has 49 heavy (non-hydrogen) atoms. The third-order valence-corrected chi connectivity index (χ3v) is 12.1. The molecule has 0 bridgehead atoms. The van der Waals surface area contributed by atoms with Crippen LogP contribution in [0.25, 0.3) is 21.5 Å². The normalized spacial score (nSPS) is 21.1. The monoisotopic (exact) mass is 643 g/mol. The molecule has 0 N–H and O–H groups in total. The van der Waals surface area contributed by atoms with Crippen molar-refractivity contribution in [3.8, 4) is 0 Å². The van der Waals surface area contributed by atoms with Crippen LogP contribution >= 0.6 is 0 Å². The van der Waals surface area contributed by atoms with E-state index in [4.69, 9.17) is 0 Å². The summed E-state index contributed by atoms with van der Waals surface area (Å²) in [4.78, 5) is 2.45. The van der Waals surface area contributed by atoms with Crippen LogP contribution < -0.4 is 4.90 Å². The minimum absolute atomic E-state index is 0.0894. The SMILES string of the molecule is CN1/C(=C/C=C/C2=[N+](CCCCC3CCCC3)c3cc4ccccc4cc3C2(C)C)C(C)(Cc2ccccc2)c2c1ccc1ccccc21. The van der Waals surface area contributed by atoms with E-state index in [1.54, 1.807) is 0 Å². The maximum atomic E-state index is 2.66. The van der Waals surface area contributed by atoms with Crippen LogP contribution in [0.4, 0.5) is 11.4 Å². The Bertz CT molecular complexity index is 2110. The van der Waals surface area contributed by atoms with Gasteiger partial charge in [0.2, 0.25) is 5.69 Å². The molecule has 1 saturated carbocycles. The summed E-state index contributed by atoms with van der Waals surface area (Å²) in [6.45, 7) is 8.38. The molecule has 1 fully saturated rings. The zero-order chi connectivity index (χ0) is 33.6. The predicted molar refractivity (Wildman–Crippen MR) is 210 cm³/mol. The first kappa shape index (κ1) is 31.8. The van der Waals surface area contributed by atoms with Gasteiger partial charge in [-0.05, 0) is 90.4 Å². The highest BCUT2D eigenvalue weighted by atomic mass is 15.2. The second kappa shape index (κ2) is 12.8. The Hall–Kier alpha value is -4.43. The standard InChI is InChI=1S/C47H51N2/c1-46(2)40-31-37-23-10-11-24-38(37)32-42(40)49(30-15-14-19-34-17-8-9-18-34)43(46)26-16-27-44-47(3,33-35-20-6-5-7-21-35)45-39-25-13-12-22-36(39)28-29-41(45)48(44)4/h5-7,10-13,16,20-29,31-32,34H,8-9,14-15,17-19,30,33H2,1-4H3/q+1. The Morgan fingerprint density at radius 2 is 1.47 bits per heavy atom. The van der Waals surface area contributed by atoms with Crippen molar-refractivity contribution in [1.82, 2.24) is 0 Å². The Morgan fingerprint density at radius 1 is 0.776 bits per heavy atom. The van der Waals surface area contributed by atoms with Crippen LogP contribution in [0, 0.1) is 5.92 Å². The van der Waals surface area contributed by atoms with Gasteiger partial charge in [0.1, 0.15) is 6.54 Å². The fourth-order valence-corrected chi connectivity index (χ4v) is 9.56. The summed E-state index contributed by atoms with van der Waals surface area (Å²) >= 11 is 0. The number of fused-ring (bicyclic) bond motifs is 5. The average molecular weight is 644 g/mol. The lowest BCUT2D eigenvalue weighted by molar-refractivity contribution is -0.438. The summed E-state index contributed by atoms with van der Waals surface area (Å²) in [7, 11) is 2.26. The first-order chi connectivity index (χ1) is 23.8. The summed E-state index contributed by atoms with van der Waals surface area (Å²) in [5.41, 5.74) is 9.45. The van der Waals surface area contributed by atoms with E-state index in [-0.39, 0.29) is 10.8 Å². The van der Waals surface area contributed by atoms with Crippen molar-refractivity contribution in [1.29, 1.82) is 0 Å². The third-order valence-electron chi connectivity index (χ3n) is 12.1. The molecule has 5 aromatic rings. The highest BCUT2D eigenvalue weighted by molar-refractivity contribution is 6.05. The van der Waals surface area contributed by atoms with Crippen molar-refractivity contribution < 1.29 is 4.58 Å². The molecule has 0 radical (unpaired) electrons. The van der Waals surface area contributed by atoms with Crippen molar-refractivity contribution in [2.45, 2.75) is 83.0 Å². The van der Waals surface area contributed by atoms with Gasteiger partial charge in [-0.3, -0.25) is 0 Å². The third kappa shape index (κ3) is 5.64. The smallest absolute Gasteiger partial charge is 0.210 e. The number of hydrogen-bond donors (Lipinski definition) is 0. The summed E-state index contributed by atoms with van der Waals surface area (Å²) in [6.07, 6.45) is 17.9. The molecule has 3 aliphatic rings. The lowest BCUT2D eigenvalue weighted by Gasteiger charge is -2.29. The van der Waals surface area contributed by atoms with E-state index in [9.17, 15) is 0 Å². The van der Waals surface area contributed by atoms with E-state index >= 15 is 0 Å². The Labute approximate surface area is 293 Å². The molecule has 1 unspecified atom stereocenters. The van der Waals surface area contributed by atoms with Crippen molar-refractivity contribution in [3.63, 3.8) is 0 Å². The zero-order valence-electron chi connectivity index (χ0n) is 29.9. The van der Waals surface area contributed by atoms with Crippen molar-refractivity contribution in [2.75, 3.05) is 18.5 Å².